The summed E-state index contributed by atoms with van der Waals surface area (Å²) in [6.45, 7) is 0. The predicted molar refractivity (Wildman–Crippen MR) is 266 cm³/mol. The van der Waals surface area contributed by atoms with Crippen LogP contribution in [0.4, 0.5) is 0 Å². The quantitative estimate of drug-likeness (QED) is 0.0681. The average Bonchev–Trinajstić information content (AvgIpc) is 3.20. The van der Waals surface area contributed by atoms with Crippen molar-refractivity contribution < 1.29 is 48.7 Å². The van der Waals surface area contributed by atoms with Gasteiger partial charge in [0, 0.05) is 70.5 Å². The van der Waals surface area contributed by atoms with Gasteiger partial charge in [0.1, 0.15) is 32.8 Å². The molecule has 0 saturated heterocycles. The summed E-state index contributed by atoms with van der Waals surface area (Å²) in [5.74, 6) is -2.39. The number of rotatable bonds is 8. The summed E-state index contributed by atoms with van der Waals surface area (Å²) < 4.78 is 0. The molecule has 63 heavy (non-hydrogen) atoms. The minimum Gasteiger partial charge on any atom is -0.277 e. The van der Waals surface area contributed by atoms with Crippen molar-refractivity contribution in [2.75, 3.05) is 28.2 Å². The van der Waals surface area contributed by atoms with Crippen LogP contribution in [0.2, 0.25) is 40.2 Å². The summed E-state index contributed by atoms with van der Waals surface area (Å²) in [6.07, 6.45) is -0.959. The Labute approximate surface area is 447 Å². The van der Waals surface area contributed by atoms with E-state index in [9.17, 15) is 19.2 Å². The smallest absolute Gasteiger partial charge is 0.277 e. The number of hydrogen-bond donors (Lipinski definition) is 4. The van der Waals surface area contributed by atoms with Gasteiger partial charge >= 0.3 is 29.6 Å². The monoisotopic (exact) mass is 1090 g/mol. The third-order valence-corrected chi connectivity index (χ3v) is 11.9. The number of carbonyl (C=O) groups excluding carboxylic acids is 4. The number of hydrazine groups is 4. The van der Waals surface area contributed by atoms with Crippen LogP contribution in [0.15, 0.2) is 72.8 Å². The molecule has 0 aromatic heterocycles. The molecule has 0 unspecified atom stereocenters. The Kier molecular flexibility index (Phi) is 24.1. The average molecular weight is 1100 g/mol. The van der Waals surface area contributed by atoms with Gasteiger partial charge in [-0.05, 0) is 72.8 Å². The Bertz CT molecular complexity index is 2110. The molecule has 12 nitrogen and oxygen atoms in total. The second-order valence-corrected chi connectivity index (χ2v) is 17.4. The molecule has 0 spiro atoms. The molecule has 0 heterocycles. The summed E-state index contributed by atoms with van der Waals surface area (Å²) in [4.78, 5) is 49.9. The van der Waals surface area contributed by atoms with Crippen LogP contribution in [-0.2, 0) is 19.2 Å². The molecular weight excluding hydrogens is 1070 g/mol. The zero-order valence-corrected chi connectivity index (χ0v) is 44.7. The van der Waals surface area contributed by atoms with E-state index in [1.807, 2.05) is 0 Å². The van der Waals surface area contributed by atoms with Gasteiger partial charge in [0.15, 0.2) is 0 Å². The van der Waals surface area contributed by atoms with Crippen molar-refractivity contribution in [2.24, 2.45) is 0 Å². The maximum Gasteiger partial charge on any atom is 1.00 e. The first-order valence-corrected chi connectivity index (χ1v) is 21.7. The van der Waals surface area contributed by atoms with Crippen LogP contribution in [0.3, 0.4) is 0 Å². The second-order valence-electron chi connectivity index (χ2n) is 12.4. The van der Waals surface area contributed by atoms with Crippen LogP contribution in [0.5, 0.6) is 0 Å². The normalized spacial score (nSPS) is 10.1. The predicted octanol–water partition coefficient (Wildman–Crippen LogP) is 6.34. The van der Waals surface area contributed by atoms with Gasteiger partial charge in [-0.25, -0.2) is 0 Å². The Morgan fingerprint density at radius 3 is 0.746 bits per heavy atom. The van der Waals surface area contributed by atoms with Crippen molar-refractivity contribution in [3.05, 3.63) is 135 Å². The largest absolute Gasteiger partial charge is 1.00 e. The van der Waals surface area contributed by atoms with Gasteiger partial charge in [-0.1, -0.05) is 142 Å². The van der Waals surface area contributed by atoms with E-state index >= 15 is 0 Å². The molecule has 0 atom stereocenters. The molecule has 4 aromatic carbocycles. The summed E-state index contributed by atoms with van der Waals surface area (Å²) >= 11 is 69.7. The summed E-state index contributed by atoms with van der Waals surface area (Å²) in [6, 6.07) is 19.2. The summed E-state index contributed by atoms with van der Waals surface area (Å²) in [7, 11) is 6.10. The van der Waals surface area contributed by atoms with Crippen LogP contribution >= 0.6 is 142 Å². The summed E-state index contributed by atoms with van der Waals surface area (Å²) in [5.41, 5.74) is 11.9. The number of hydrogen-bond acceptors (Lipinski definition) is 8. The zero-order valence-electron chi connectivity index (χ0n) is 33.4. The number of amides is 4. The Balaban J connectivity index is 0.000000427. The number of halogens is 8. The van der Waals surface area contributed by atoms with E-state index in [4.69, 9.17) is 142 Å². The first-order valence-electron chi connectivity index (χ1n) is 17.1. The van der Waals surface area contributed by atoms with E-state index in [1.165, 1.54) is 48.2 Å². The molecule has 4 aromatic rings. The van der Waals surface area contributed by atoms with Crippen molar-refractivity contribution in [3.63, 3.8) is 0 Å². The molecule has 0 radical (unpaired) electrons. The van der Waals surface area contributed by atoms with E-state index in [0.29, 0.717) is 62.4 Å². The molecule has 328 valence electrons. The van der Waals surface area contributed by atoms with Gasteiger partial charge < -0.3 is 0 Å². The summed E-state index contributed by atoms with van der Waals surface area (Å²) in [5, 5.41) is 8.41. The number of thiocarbonyl (C=S) groups is 4. The fourth-order valence-corrected chi connectivity index (χ4v) is 7.37. The van der Waals surface area contributed by atoms with E-state index < -0.39 is 36.5 Å². The standard InChI is InChI=1S/2C19H16Cl4N4O2S2.Na/c2*1-26(18(30)12-7-10(20)3-5-14(12)22)24-16(28)9-17(29)25-27(2)19(31)13-8-11(21)4-6-15(13)23;/h2*3-8H,9H2,1-2H3,(H,24,28)(H,25,29);/q;;+1. The van der Waals surface area contributed by atoms with Gasteiger partial charge in [-0.15, -0.1) is 0 Å². The number of carbonyl (C=O) groups is 4. The van der Waals surface area contributed by atoms with Crippen LogP contribution in [-0.4, -0.2) is 91.8 Å². The molecule has 0 aliphatic carbocycles. The van der Waals surface area contributed by atoms with Gasteiger partial charge in [0.25, 0.3) is 0 Å². The molecular formula is C38H32Cl8N8NaO4S4+. The van der Waals surface area contributed by atoms with Crippen LogP contribution in [0.1, 0.15) is 35.1 Å². The van der Waals surface area contributed by atoms with Crippen molar-refractivity contribution in [1.82, 2.24) is 41.7 Å². The Hall–Kier alpha value is -2.36. The fourth-order valence-electron chi connectivity index (χ4n) is 4.77. The van der Waals surface area contributed by atoms with Crippen molar-refractivity contribution >= 4 is 185 Å². The van der Waals surface area contributed by atoms with E-state index in [1.54, 1.807) is 72.8 Å². The molecule has 0 aliphatic rings. The second kappa shape index (κ2) is 26.7. The van der Waals surface area contributed by atoms with Gasteiger partial charge in [-0.3, -0.25) is 60.9 Å². The number of nitrogens with zero attached hydrogens (tertiary/aromatic N) is 4. The maximum atomic E-state index is 12.2. The SMILES string of the molecule is CN(NC(=O)CC(=O)NN(C)C(=S)c1cc(Cl)ccc1Cl)C(=S)c1cc(Cl)ccc1Cl.CN(NC(=O)CC(=O)NN(C)C(=S)c1cc(Cl)ccc1Cl)C(=S)c1cc(Cl)ccc1Cl.[Na+]. The van der Waals surface area contributed by atoms with E-state index in [-0.39, 0.29) is 49.5 Å². The Morgan fingerprint density at radius 1 is 0.397 bits per heavy atom. The Morgan fingerprint density at radius 2 is 0.571 bits per heavy atom. The zero-order chi connectivity index (χ0) is 46.6. The molecule has 0 fully saturated rings. The van der Waals surface area contributed by atoms with E-state index in [0.717, 1.165) is 0 Å². The first kappa shape index (κ1) is 56.8. The van der Waals surface area contributed by atoms with Gasteiger partial charge in [0.05, 0.1) is 20.1 Å². The maximum absolute atomic E-state index is 12.2. The molecule has 0 saturated carbocycles. The molecule has 0 aliphatic heterocycles. The number of nitrogens with one attached hydrogen (secondary N) is 4. The molecule has 4 amide bonds. The van der Waals surface area contributed by atoms with Gasteiger partial charge in [0.2, 0.25) is 23.6 Å². The number of benzene rings is 4. The van der Waals surface area contributed by atoms with Gasteiger partial charge in [-0.2, -0.15) is 0 Å². The topological polar surface area (TPSA) is 129 Å². The van der Waals surface area contributed by atoms with E-state index in [2.05, 4.69) is 21.7 Å². The molecule has 0 bridgehead atoms. The molecule has 4 N–H and O–H groups in total. The molecule has 4 rings (SSSR count). The fraction of sp³-hybridized carbons (Fsp3) is 0.158. The minimum atomic E-state index is -0.597. The first-order chi connectivity index (χ1) is 29.0. The van der Waals surface area contributed by atoms with Crippen LogP contribution < -0.4 is 51.3 Å². The van der Waals surface area contributed by atoms with Crippen molar-refractivity contribution in [3.8, 4) is 0 Å². The third kappa shape index (κ3) is 17.8. The van der Waals surface area contributed by atoms with Crippen LogP contribution in [0.25, 0.3) is 0 Å². The van der Waals surface area contributed by atoms with Crippen LogP contribution in [0, 0.1) is 0 Å². The third-order valence-electron chi connectivity index (χ3n) is 7.67. The van der Waals surface area contributed by atoms with Crippen molar-refractivity contribution in [2.45, 2.75) is 12.8 Å². The van der Waals surface area contributed by atoms with Crippen molar-refractivity contribution in [1.29, 1.82) is 0 Å². The molecule has 25 heteroatoms. The minimum absolute atomic E-state index is 0.